The van der Waals surface area contributed by atoms with Crippen LogP contribution in [0, 0.1) is 0 Å². The first-order chi connectivity index (χ1) is 11.0. The van der Waals surface area contributed by atoms with E-state index in [-0.39, 0.29) is 24.2 Å². The van der Waals surface area contributed by atoms with Crippen LogP contribution in [-0.2, 0) is 4.74 Å². The van der Waals surface area contributed by atoms with Gasteiger partial charge in [0.15, 0.2) is 5.82 Å². The van der Waals surface area contributed by atoms with Crippen LogP contribution in [0.15, 0.2) is 27.4 Å². The van der Waals surface area contributed by atoms with Gasteiger partial charge in [-0.25, -0.2) is 4.79 Å². The van der Waals surface area contributed by atoms with Crippen molar-refractivity contribution in [2.75, 3.05) is 18.4 Å². The maximum absolute atomic E-state index is 12.5. The summed E-state index contributed by atoms with van der Waals surface area (Å²) in [7, 11) is 0. The zero-order chi connectivity index (χ0) is 16.4. The van der Waals surface area contributed by atoms with Crippen molar-refractivity contribution in [3.8, 4) is 0 Å². The lowest BCUT2D eigenvalue weighted by atomic mass is 10.1. The van der Waals surface area contributed by atoms with Gasteiger partial charge in [-0.2, -0.15) is 11.3 Å². The van der Waals surface area contributed by atoms with Crippen LogP contribution < -0.4 is 5.32 Å². The summed E-state index contributed by atoms with van der Waals surface area (Å²) in [6.07, 6.45) is -0.0952. The first-order valence-corrected chi connectivity index (χ1v) is 8.67. The Morgan fingerprint density at radius 1 is 1.48 bits per heavy atom. The number of morpholine rings is 1. The van der Waals surface area contributed by atoms with Gasteiger partial charge in [-0.15, -0.1) is 0 Å². The van der Waals surface area contributed by atoms with Gasteiger partial charge < -0.3 is 14.2 Å². The maximum Gasteiger partial charge on any atom is 0.323 e. The molecule has 0 bridgehead atoms. The van der Waals surface area contributed by atoms with E-state index in [0.717, 1.165) is 11.3 Å². The maximum atomic E-state index is 12.5. The van der Waals surface area contributed by atoms with Crippen molar-refractivity contribution in [3.05, 3.63) is 34.2 Å². The number of thiophene rings is 1. The Morgan fingerprint density at radius 3 is 2.96 bits per heavy atom. The summed E-state index contributed by atoms with van der Waals surface area (Å²) in [6, 6.07) is 3.63. The SMILES string of the molecule is CC(C)c1cc(NC(=O)N2C[C@@H](C)O[C@H](c3ccsc3)C2)no1. The molecule has 0 radical (unpaired) electrons. The molecule has 6 nitrogen and oxygen atoms in total. The van der Waals surface area contributed by atoms with Crippen LogP contribution in [-0.4, -0.2) is 35.3 Å². The highest BCUT2D eigenvalue weighted by Gasteiger charge is 2.30. The monoisotopic (exact) mass is 335 g/mol. The van der Waals surface area contributed by atoms with Gasteiger partial charge in [-0.1, -0.05) is 19.0 Å². The second kappa shape index (κ2) is 6.72. The van der Waals surface area contributed by atoms with E-state index in [9.17, 15) is 4.79 Å². The second-order valence-corrected chi connectivity index (χ2v) is 6.88. The Morgan fingerprint density at radius 2 is 2.30 bits per heavy atom. The van der Waals surface area contributed by atoms with Crippen molar-refractivity contribution in [2.24, 2.45) is 0 Å². The Labute approximate surface area is 139 Å². The number of urea groups is 1. The van der Waals surface area contributed by atoms with Crippen LogP contribution in [0.1, 0.15) is 44.1 Å². The van der Waals surface area contributed by atoms with Gasteiger partial charge in [-0.3, -0.25) is 5.32 Å². The molecule has 7 heteroatoms. The summed E-state index contributed by atoms with van der Waals surface area (Å²) < 4.78 is 11.2. The quantitative estimate of drug-likeness (QED) is 0.925. The highest BCUT2D eigenvalue weighted by molar-refractivity contribution is 7.07. The number of anilines is 1. The van der Waals surface area contributed by atoms with Crippen LogP contribution in [0.3, 0.4) is 0 Å². The molecule has 0 saturated carbocycles. The molecule has 1 aliphatic heterocycles. The second-order valence-electron chi connectivity index (χ2n) is 6.10. The third kappa shape index (κ3) is 3.73. The minimum atomic E-state index is -0.177. The van der Waals surface area contributed by atoms with Gasteiger partial charge in [0.05, 0.1) is 12.6 Å². The molecule has 2 amide bonds. The minimum Gasteiger partial charge on any atom is -0.367 e. The fourth-order valence-electron chi connectivity index (χ4n) is 2.57. The lowest BCUT2D eigenvalue weighted by Crippen LogP contribution is -2.47. The van der Waals surface area contributed by atoms with E-state index in [2.05, 4.69) is 15.9 Å². The molecule has 3 heterocycles. The Balaban J connectivity index is 1.66. The number of rotatable bonds is 3. The summed E-state index contributed by atoms with van der Waals surface area (Å²) >= 11 is 1.63. The number of carbonyl (C=O) groups excluding carboxylic acids is 1. The Kier molecular flexibility index (Phi) is 4.68. The van der Waals surface area contributed by atoms with Crippen molar-refractivity contribution in [1.29, 1.82) is 0 Å². The molecule has 1 aliphatic rings. The predicted octanol–water partition coefficient (Wildman–Crippen LogP) is 3.85. The number of amides is 2. The summed E-state index contributed by atoms with van der Waals surface area (Å²) in [5, 5.41) is 10.8. The number of hydrogen-bond donors (Lipinski definition) is 1. The number of nitrogens with one attached hydrogen (secondary N) is 1. The molecule has 1 saturated heterocycles. The summed E-state index contributed by atoms with van der Waals surface area (Å²) in [5.74, 6) is 1.44. The molecule has 0 aliphatic carbocycles. The molecule has 0 spiro atoms. The first-order valence-electron chi connectivity index (χ1n) is 7.73. The smallest absolute Gasteiger partial charge is 0.323 e. The van der Waals surface area contributed by atoms with Gasteiger partial charge >= 0.3 is 6.03 Å². The molecule has 2 aromatic heterocycles. The van der Waals surface area contributed by atoms with Crippen molar-refractivity contribution in [2.45, 2.75) is 38.9 Å². The van der Waals surface area contributed by atoms with E-state index in [4.69, 9.17) is 9.26 Å². The fourth-order valence-corrected chi connectivity index (χ4v) is 3.27. The molecule has 2 aromatic rings. The molecule has 2 atom stereocenters. The summed E-state index contributed by atoms with van der Waals surface area (Å²) in [4.78, 5) is 14.3. The molecule has 0 aromatic carbocycles. The molecule has 124 valence electrons. The van der Waals surface area contributed by atoms with Crippen LogP contribution in [0.4, 0.5) is 10.6 Å². The average Bonchev–Trinajstić information content (AvgIpc) is 3.18. The van der Waals surface area contributed by atoms with E-state index >= 15 is 0 Å². The predicted molar refractivity (Wildman–Crippen MR) is 88.8 cm³/mol. The molecular formula is C16H21N3O3S. The number of aromatic nitrogens is 1. The number of nitrogens with zero attached hydrogens (tertiary/aromatic N) is 2. The van der Waals surface area contributed by atoms with Gasteiger partial charge in [0.1, 0.15) is 11.9 Å². The van der Waals surface area contributed by atoms with Gasteiger partial charge in [0.2, 0.25) is 0 Å². The topological polar surface area (TPSA) is 67.6 Å². The average molecular weight is 335 g/mol. The molecule has 23 heavy (non-hydrogen) atoms. The van der Waals surface area contributed by atoms with E-state index in [1.807, 2.05) is 32.2 Å². The lowest BCUT2D eigenvalue weighted by Gasteiger charge is -2.36. The van der Waals surface area contributed by atoms with Crippen molar-refractivity contribution in [1.82, 2.24) is 10.1 Å². The molecule has 0 unspecified atom stereocenters. The van der Waals surface area contributed by atoms with Crippen molar-refractivity contribution >= 4 is 23.2 Å². The van der Waals surface area contributed by atoms with E-state index < -0.39 is 0 Å². The fraction of sp³-hybridized carbons (Fsp3) is 0.500. The Hall–Kier alpha value is -1.86. The third-order valence-corrected chi connectivity index (χ3v) is 4.50. The van der Waals surface area contributed by atoms with Crippen molar-refractivity contribution < 1.29 is 14.1 Å². The lowest BCUT2D eigenvalue weighted by molar-refractivity contribution is -0.0641. The Bertz CT molecular complexity index is 653. The van der Waals surface area contributed by atoms with E-state index in [1.165, 1.54) is 0 Å². The molecular weight excluding hydrogens is 314 g/mol. The van der Waals surface area contributed by atoms with Gasteiger partial charge in [0, 0.05) is 18.5 Å². The summed E-state index contributed by atoms with van der Waals surface area (Å²) in [5.41, 5.74) is 1.11. The first kappa shape index (κ1) is 16.0. The number of ether oxygens (including phenoxy) is 1. The van der Waals surface area contributed by atoms with Crippen molar-refractivity contribution in [3.63, 3.8) is 0 Å². The van der Waals surface area contributed by atoms with E-state index in [1.54, 1.807) is 22.3 Å². The van der Waals surface area contributed by atoms with Crippen LogP contribution in [0.5, 0.6) is 0 Å². The van der Waals surface area contributed by atoms with Crippen LogP contribution in [0.25, 0.3) is 0 Å². The van der Waals surface area contributed by atoms with E-state index in [0.29, 0.717) is 18.9 Å². The third-order valence-electron chi connectivity index (χ3n) is 3.79. The summed E-state index contributed by atoms with van der Waals surface area (Å²) in [6.45, 7) is 7.09. The highest BCUT2D eigenvalue weighted by Crippen LogP contribution is 2.27. The normalized spacial score (nSPS) is 21.7. The molecule has 1 N–H and O–H groups in total. The van der Waals surface area contributed by atoms with Gasteiger partial charge in [-0.05, 0) is 29.3 Å². The van der Waals surface area contributed by atoms with Crippen LogP contribution in [0.2, 0.25) is 0 Å². The minimum absolute atomic E-state index is 0.0112. The number of hydrogen-bond acceptors (Lipinski definition) is 5. The zero-order valence-corrected chi connectivity index (χ0v) is 14.3. The van der Waals surface area contributed by atoms with Crippen LogP contribution >= 0.6 is 11.3 Å². The number of carbonyl (C=O) groups is 1. The van der Waals surface area contributed by atoms with Gasteiger partial charge in [0.25, 0.3) is 0 Å². The highest BCUT2D eigenvalue weighted by atomic mass is 32.1. The zero-order valence-electron chi connectivity index (χ0n) is 13.5. The molecule has 3 rings (SSSR count). The molecule has 1 fully saturated rings. The largest absolute Gasteiger partial charge is 0.367 e. The standard InChI is InChI=1S/C16H21N3O3S/c1-10(2)13-6-15(18-22-13)17-16(20)19-7-11(3)21-14(8-19)12-4-5-23-9-12/h4-6,9-11,14H,7-8H2,1-3H3,(H,17,18,20)/t11-,14+/m1/s1.